The van der Waals surface area contributed by atoms with Gasteiger partial charge in [0.15, 0.2) is 0 Å². The second kappa shape index (κ2) is 13.2. The van der Waals surface area contributed by atoms with E-state index in [1.165, 1.54) is 0 Å². The molecule has 2 aromatic heterocycles. The molecule has 0 spiro atoms. The smallest absolute Gasteiger partial charge is 0.387 e. The molecule has 0 bridgehead atoms. The van der Waals surface area contributed by atoms with Crippen LogP contribution in [0.5, 0.6) is 0 Å². The molecule has 0 aliphatic heterocycles. The van der Waals surface area contributed by atoms with Gasteiger partial charge in [-0.3, -0.25) is 9.05 Å². The molecule has 52 heavy (non-hydrogen) atoms. The third kappa shape index (κ3) is 5.53. The first-order chi connectivity index (χ1) is 25.8. The van der Waals surface area contributed by atoms with Crippen LogP contribution in [0.1, 0.15) is 12.8 Å². The number of hydrogen-bond donors (Lipinski definition) is 0. The summed E-state index contributed by atoms with van der Waals surface area (Å²) in [5.74, 6) is 0. The van der Waals surface area contributed by atoms with Crippen molar-refractivity contribution in [3.63, 3.8) is 0 Å². The summed E-state index contributed by atoms with van der Waals surface area (Å²) in [7, 11) is -3.39. The van der Waals surface area contributed by atoms with Gasteiger partial charge < -0.3 is 16.8 Å². The van der Waals surface area contributed by atoms with Gasteiger partial charge in [0, 0.05) is 21.5 Å². The van der Waals surface area contributed by atoms with Crippen molar-refractivity contribution < 1.29 is 25.8 Å². The highest BCUT2D eigenvalue weighted by atomic mass is 31.1. The number of hydrogen-bond acceptors (Lipinski definition) is 6. The quantitative estimate of drug-likeness (QED) is 0.153. The Morgan fingerprint density at radius 3 is 0.885 bits per heavy atom. The Kier molecular flexibility index (Phi) is 7.97. The molecule has 0 unspecified atom stereocenters. The van der Waals surface area contributed by atoms with Crippen LogP contribution in [0.4, 0.5) is 0 Å². The maximum Gasteiger partial charge on any atom is 0.387 e. The zero-order valence-corrected chi connectivity index (χ0v) is 29.8. The minimum absolute atomic E-state index is 0.449. The summed E-state index contributed by atoms with van der Waals surface area (Å²) in [6, 6.07) is 50.1. The Bertz CT molecular complexity index is 2650. The predicted octanol–water partition coefficient (Wildman–Crippen LogP) is 13.8. The van der Waals surface area contributed by atoms with E-state index in [2.05, 4.69) is 121 Å². The van der Waals surface area contributed by atoms with Crippen molar-refractivity contribution in [2.45, 2.75) is 12.8 Å². The van der Waals surface area contributed by atoms with Crippen LogP contribution in [0.15, 0.2) is 162 Å². The SMILES string of the molecule is c1ccc2c(c1)ccc1op(OCCCCOp3oc4ccc5ccccc5c4c4c(ccc5ccccc54)o3)oc3ccc4ccccc4c3c12. The monoisotopic (exact) mass is 718 g/mol. The molecule has 10 aromatic rings. The fraction of sp³-hybridized carbons (Fsp3) is 0.0909. The van der Waals surface area contributed by atoms with Crippen molar-refractivity contribution in [1.29, 1.82) is 0 Å². The van der Waals surface area contributed by atoms with Crippen molar-refractivity contribution >= 4 is 103 Å². The maximum absolute atomic E-state index is 6.49. The van der Waals surface area contributed by atoms with Crippen molar-refractivity contribution in [1.82, 2.24) is 0 Å². The summed E-state index contributed by atoms with van der Waals surface area (Å²) in [5.41, 5.74) is 3.04. The average molecular weight is 719 g/mol. The molecule has 0 amide bonds. The lowest BCUT2D eigenvalue weighted by atomic mass is 9.99. The van der Waals surface area contributed by atoms with Gasteiger partial charge >= 0.3 is 16.5 Å². The molecule has 0 atom stereocenters. The zero-order chi connectivity index (χ0) is 34.4. The minimum atomic E-state index is -1.69. The summed E-state index contributed by atoms with van der Waals surface area (Å²) in [5, 5.41) is 13.2. The molecule has 254 valence electrons. The Balaban J connectivity index is 0.938. The average Bonchev–Trinajstić information content (AvgIpc) is 3.47. The molecule has 0 aliphatic carbocycles. The standard InChI is InChI=1S/C44H32O6P2/c1-5-15-33-29(11-1)19-23-37-41(33)42-34-16-6-2-12-30(34)20-24-38(42)48-51(47-37)45-27-9-10-28-46-52-49-39-25-21-31-13-3-7-17-35(31)43(39)44-36-18-8-4-14-32(36)22-26-40(44)50-52/h1-8,11-26H,9-10,27-28H2. The molecule has 0 fully saturated rings. The van der Waals surface area contributed by atoms with E-state index in [9.17, 15) is 0 Å². The van der Waals surface area contributed by atoms with Crippen LogP contribution in [-0.2, 0) is 0 Å². The van der Waals surface area contributed by atoms with Crippen LogP contribution in [0, 0.1) is 0 Å². The zero-order valence-electron chi connectivity index (χ0n) is 28.0. The van der Waals surface area contributed by atoms with Crippen LogP contribution in [0.25, 0.3) is 87.0 Å². The Labute approximate surface area is 300 Å². The summed E-state index contributed by atoms with van der Waals surface area (Å²) >= 11 is 0. The third-order valence-electron chi connectivity index (χ3n) is 9.69. The summed E-state index contributed by atoms with van der Waals surface area (Å²) < 4.78 is 38.6. The van der Waals surface area contributed by atoms with Gasteiger partial charge in [0.1, 0.15) is 22.3 Å². The normalized spacial score (nSPS) is 11.9. The lowest BCUT2D eigenvalue weighted by Crippen LogP contribution is -1.99. The maximum atomic E-state index is 6.49. The second-order valence-corrected chi connectivity index (χ2v) is 15.0. The number of rotatable bonds is 7. The first kappa shape index (κ1) is 31.3. The van der Waals surface area contributed by atoms with Gasteiger partial charge in [-0.1, -0.05) is 121 Å². The van der Waals surface area contributed by atoms with Crippen LogP contribution >= 0.6 is 16.5 Å². The fourth-order valence-corrected chi connectivity index (χ4v) is 9.38. The van der Waals surface area contributed by atoms with E-state index in [1.54, 1.807) is 0 Å². The molecule has 0 saturated carbocycles. The van der Waals surface area contributed by atoms with Gasteiger partial charge in [0.05, 0.1) is 13.2 Å². The Hall–Kier alpha value is -5.48. The first-order valence-corrected chi connectivity index (χ1v) is 19.6. The van der Waals surface area contributed by atoms with Crippen molar-refractivity contribution in [2.24, 2.45) is 0 Å². The third-order valence-corrected chi connectivity index (χ3v) is 11.9. The lowest BCUT2D eigenvalue weighted by molar-refractivity contribution is 0.320. The van der Waals surface area contributed by atoms with Gasteiger partial charge in [-0.05, 0) is 80.2 Å². The number of benzene rings is 8. The van der Waals surface area contributed by atoms with Crippen LogP contribution in [0.2, 0.25) is 0 Å². The molecule has 8 heteroatoms. The van der Waals surface area contributed by atoms with Gasteiger partial charge in [0.25, 0.3) is 0 Å². The van der Waals surface area contributed by atoms with Crippen molar-refractivity contribution in [2.75, 3.05) is 13.2 Å². The summed E-state index contributed by atoms with van der Waals surface area (Å²) in [6.45, 7) is 0.897. The molecule has 8 aromatic carbocycles. The molecule has 2 heterocycles. The van der Waals surface area contributed by atoms with Crippen LogP contribution < -0.4 is 9.05 Å². The fourth-order valence-electron chi connectivity index (χ4n) is 7.29. The highest BCUT2D eigenvalue weighted by molar-refractivity contribution is 7.32. The first-order valence-electron chi connectivity index (χ1n) is 17.4. The number of fused-ring (bicyclic) bond motifs is 14. The highest BCUT2D eigenvalue weighted by Gasteiger charge is 2.15. The molecule has 0 saturated heterocycles. The summed E-state index contributed by atoms with van der Waals surface area (Å²) in [6.07, 6.45) is 1.48. The number of unbranched alkanes of at least 4 members (excludes halogenated alkanes) is 1. The van der Waals surface area contributed by atoms with E-state index in [1.807, 2.05) is 24.3 Å². The van der Waals surface area contributed by atoms with Gasteiger partial charge in [-0.2, -0.15) is 0 Å². The molecule has 10 rings (SSSR count). The molecule has 0 aliphatic rings. The summed E-state index contributed by atoms with van der Waals surface area (Å²) in [4.78, 5) is 0. The molecular formula is C44H32O6P2. The topological polar surface area (TPSA) is 71.0 Å². The largest absolute Gasteiger partial charge is 0.399 e. The highest BCUT2D eigenvalue weighted by Crippen LogP contribution is 2.42. The Morgan fingerprint density at radius 2 is 0.596 bits per heavy atom. The van der Waals surface area contributed by atoms with E-state index in [0.29, 0.717) is 13.2 Å². The Morgan fingerprint density at radius 1 is 0.327 bits per heavy atom. The lowest BCUT2D eigenvalue weighted by Gasteiger charge is -2.05. The van der Waals surface area contributed by atoms with E-state index >= 15 is 0 Å². The van der Waals surface area contributed by atoms with Crippen LogP contribution in [-0.4, -0.2) is 13.2 Å². The van der Waals surface area contributed by atoms with Crippen LogP contribution in [0.3, 0.4) is 0 Å². The molecular weight excluding hydrogens is 686 g/mol. The van der Waals surface area contributed by atoms with E-state index in [-0.39, 0.29) is 0 Å². The van der Waals surface area contributed by atoms with Crippen molar-refractivity contribution in [3.05, 3.63) is 146 Å². The van der Waals surface area contributed by atoms with Gasteiger partial charge in [-0.15, -0.1) is 0 Å². The molecule has 0 radical (unpaired) electrons. The molecule has 6 nitrogen and oxygen atoms in total. The van der Waals surface area contributed by atoms with E-state index in [0.717, 1.165) is 99.8 Å². The van der Waals surface area contributed by atoms with E-state index in [4.69, 9.17) is 25.8 Å². The van der Waals surface area contributed by atoms with Gasteiger partial charge in [0.2, 0.25) is 0 Å². The van der Waals surface area contributed by atoms with E-state index < -0.39 is 16.5 Å². The van der Waals surface area contributed by atoms with Gasteiger partial charge in [-0.25, -0.2) is 0 Å². The van der Waals surface area contributed by atoms with Crippen molar-refractivity contribution in [3.8, 4) is 0 Å². The second-order valence-electron chi connectivity index (χ2n) is 12.8. The predicted molar refractivity (Wildman–Crippen MR) is 215 cm³/mol. The minimum Gasteiger partial charge on any atom is -0.399 e. The molecule has 0 N–H and O–H groups in total.